The largest absolute Gasteiger partial charge is 0.366 e. The van der Waals surface area contributed by atoms with Crippen LogP contribution in [0.1, 0.15) is 75.1 Å². The topological polar surface area (TPSA) is 86.2 Å². The first-order valence-corrected chi connectivity index (χ1v) is 12.9. The zero-order valence-electron chi connectivity index (χ0n) is 20.5. The van der Waals surface area contributed by atoms with Gasteiger partial charge in [0.2, 0.25) is 5.91 Å². The molecule has 2 aliphatic rings. The number of benzene rings is 3. The van der Waals surface area contributed by atoms with E-state index in [0.717, 1.165) is 41.8 Å². The van der Waals surface area contributed by atoms with Gasteiger partial charge in [-0.1, -0.05) is 48.0 Å². The normalized spacial score (nSPS) is 20.9. The first kappa shape index (κ1) is 24.4. The van der Waals surface area contributed by atoms with Gasteiger partial charge < -0.3 is 5.73 Å². The van der Waals surface area contributed by atoms with Gasteiger partial charge in [0.15, 0.2) is 11.5 Å². The summed E-state index contributed by atoms with van der Waals surface area (Å²) in [6.45, 7) is 2.59. The van der Waals surface area contributed by atoms with Crippen molar-refractivity contribution in [1.82, 2.24) is 4.59 Å². The van der Waals surface area contributed by atoms with Crippen molar-refractivity contribution in [1.29, 1.82) is 0 Å². The lowest BCUT2D eigenvalue weighted by atomic mass is 9.78. The Kier molecular flexibility index (Phi) is 6.56. The van der Waals surface area contributed by atoms with Crippen LogP contribution in [-0.2, 0) is 12.8 Å². The van der Waals surface area contributed by atoms with E-state index < -0.39 is 5.91 Å². The number of carbonyl (C=O) groups is 2. The molecule has 1 aliphatic carbocycles. The maximum Gasteiger partial charge on any atom is 0.248 e. The molecule has 0 bridgehead atoms. The molecule has 3 aromatic rings. The molecule has 2 unspecified atom stereocenters. The van der Waals surface area contributed by atoms with E-state index in [1.54, 1.807) is 18.2 Å². The fourth-order valence-corrected chi connectivity index (χ4v) is 6.04. The summed E-state index contributed by atoms with van der Waals surface area (Å²) in [6.07, 6.45) is 6.07. The molecule has 36 heavy (non-hydrogen) atoms. The van der Waals surface area contributed by atoms with Gasteiger partial charge in [-0.2, -0.15) is 10.4 Å². The molecule has 0 spiro atoms. The van der Waals surface area contributed by atoms with Gasteiger partial charge in [-0.05, 0) is 73.1 Å². The fraction of sp³-hybridized carbons (Fsp3) is 0.267. The number of nitrogens with zero attached hydrogens (tertiary/aromatic N) is 1. The minimum absolute atomic E-state index is 0.0395. The fourth-order valence-electron chi connectivity index (χ4n) is 5.75. The summed E-state index contributed by atoms with van der Waals surface area (Å²) in [5.41, 5.74) is 12.7. The van der Waals surface area contributed by atoms with Gasteiger partial charge >= 0.3 is 0 Å². The van der Waals surface area contributed by atoms with E-state index in [1.165, 1.54) is 11.1 Å². The molecule has 184 valence electrons. The van der Waals surface area contributed by atoms with Crippen molar-refractivity contribution in [2.24, 2.45) is 11.6 Å². The van der Waals surface area contributed by atoms with Gasteiger partial charge in [-0.15, -0.1) is 0 Å². The van der Waals surface area contributed by atoms with Crippen LogP contribution in [0.2, 0.25) is 5.02 Å². The maximum absolute atomic E-state index is 13.4. The first-order valence-electron chi connectivity index (χ1n) is 12.5. The Hall–Kier alpha value is -3.25. The SMILES string of the molecule is CC[N+]1(N)C(CCc2cccc(C(N)=O)c2)=CC(=O)c2cc(C3CCCc4ccccc43)c(Cl)cc21. The highest BCUT2D eigenvalue weighted by Crippen LogP contribution is 2.44. The molecular formula is C30H31ClN3O2+. The lowest BCUT2D eigenvalue weighted by Gasteiger charge is -2.37. The third kappa shape index (κ3) is 4.28. The summed E-state index contributed by atoms with van der Waals surface area (Å²) in [5, 5.41) is 0.653. The zero-order valence-corrected chi connectivity index (χ0v) is 21.2. The number of halogens is 1. The standard InChI is InChI=1S/C30H30ClN3O2/c1-2-34(33)22(14-13-19-7-5-10-21(15-19)30(32)36)16-29(35)26-17-25(27(31)18-28(26)34)24-12-6-9-20-8-3-4-11-23(20)24/h3-5,7-8,10-11,15-18,24H,2,6,9,12-14,33H2,1H3,(H-,32,36)/p+1. The van der Waals surface area contributed by atoms with Crippen LogP contribution < -0.4 is 16.2 Å². The molecule has 2 atom stereocenters. The first-order chi connectivity index (χ1) is 17.3. The van der Waals surface area contributed by atoms with Crippen molar-refractivity contribution >= 4 is 29.0 Å². The summed E-state index contributed by atoms with van der Waals surface area (Å²) in [7, 11) is 0. The molecule has 1 heterocycles. The van der Waals surface area contributed by atoms with Crippen molar-refractivity contribution in [2.75, 3.05) is 6.54 Å². The number of hydrogen-bond donors (Lipinski definition) is 2. The summed E-state index contributed by atoms with van der Waals surface area (Å²) in [4.78, 5) is 25.0. The van der Waals surface area contributed by atoms with Crippen LogP contribution in [0.25, 0.3) is 0 Å². The van der Waals surface area contributed by atoms with Crippen LogP contribution in [0.3, 0.4) is 0 Å². The second kappa shape index (κ2) is 9.66. The summed E-state index contributed by atoms with van der Waals surface area (Å²) in [6, 6.07) is 19.7. The van der Waals surface area contributed by atoms with Crippen molar-refractivity contribution in [3.8, 4) is 0 Å². The van der Waals surface area contributed by atoms with Crippen molar-refractivity contribution in [3.63, 3.8) is 0 Å². The van der Waals surface area contributed by atoms with Gasteiger partial charge in [0, 0.05) is 30.0 Å². The third-order valence-corrected chi connectivity index (χ3v) is 8.07. The zero-order chi connectivity index (χ0) is 25.4. The number of rotatable bonds is 6. The number of ketones is 1. The Balaban J connectivity index is 1.49. The number of hydrogen-bond acceptors (Lipinski definition) is 3. The molecule has 0 saturated carbocycles. The molecule has 0 saturated heterocycles. The highest BCUT2D eigenvalue weighted by atomic mass is 35.5. The van der Waals surface area contributed by atoms with E-state index in [1.807, 2.05) is 31.2 Å². The molecule has 6 heteroatoms. The van der Waals surface area contributed by atoms with Crippen molar-refractivity contribution in [2.45, 2.75) is 44.9 Å². The number of primary amides is 1. The molecular weight excluding hydrogens is 470 g/mol. The van der Waals surface area contributed by atoms with Crippen LogP contribution in [-0.4, -0.2) is 18.2 Å². The minimum Gasteiger partial charge on any atom is -0.366 e. The van der Waals surface area contributed by atoms with Crippen LogP contribution in [0.15, 0.2) is 72.4 Å². The lowest BCUT2D eigenvalue weighted by molar-refractivity contribution is 0.0998. The predicted molar refractivity (Wildman–Crippen MR) is 145 cm³/mol. The number of fused-ring (bicyclic) bond motifs is 2. The van der Waals surface area contributed by atoms with E-state index in [9.17, 15) is 9.59 Å². The second-order valence-corrected chi connectivity index (χ2v) is 10.2. The van der Waals surface area contributed by atoms with Gasteiger partial charge in [0.1, 0.15) is 12.2 Å². The molecule has 1 aliphatic heterocycles. The molecule has 5 rings (SSSR count). The van der Waals surface area contributed by atoms with E-state index in [2.05, 4.69) is 24.3 Å². The van der Waals surface area contributed by atoms with E-state index >= 15 is 0 Å². The average Bonchev–Trinajstić information content (AvgIpc) is 2.89. The monoisotopic (exact) mass is 500 g/mol. The third-order valence-electron chi connectivity index (χ3n) is 7.75. The molecule has 5 nitrogen and oxygen atoms in total. The average molecular weight is 501 g/mol. The molecule has 0 aromatic heterocycles. The van der Waals surface area contributed by atoms with E-state index in [0.29, 0.717) is 35.5 Å². The van der Waals surface area contributed by atoms with Crippen LogP contribution in [0, 0.1) is 0 Å². The van der Waals surface area contributed by atoms with Gasteiger partial charge in [-0.25, -0.2) is 0 Å². The molecule has 0 radical (unpaired) electrons. The Morgan fingerprint density at radius 2 is 1.86 bits per heavy atom. The van der Waals surface area contributed by atoms with Gasteiger partial charge in [0.25, 0.3) is 0 Å². The minimum atomic E-state index is -0.457. The lowest BCUT2D eigenvalue weighted by Crippen LogP contribution is -2.57. The second-order valence-electron chi connectivity index (χ2n) is 9.78. The molecule has 3 aromatic carbocycles. The molecule has 0 fully saturated rings. The number of carbonyl (C=O) groups excluding carboxylic acids is 2. The number of allylic oxidation sites excluding steroid dienone is 2. The van der Waals surface area contributed by atoms with Crippen molar-refractivity contribution < 1.29 is 9.59 Å². The Bertz CT molecular complexity index is 1400. The van der Waals surface area contributed by atoms with E-state index in [4.69, 9.17) is 23.2 Å². The van der Waals surface area contributed by atoms with Crippen molar-refractivity contribution in [3.05, 3.63) is 111 Å². The summed E-state index contributed by atoms with van der Waals surface area (Å²) < 4.78 is 0.0395. The highest BCUT2D eigenvalue weighted by Gasteiger charge is 2.40. The number of quaternary nitrogens is 1. The molecule has 4 N–H and O–H groups in total. The number of aryl methyl sites for hydroxylation is 2. The van der Waals surface area contributed by atoms with Crippen LogP contribution in [0.4, 0.5) is 5.69 Å². The summed E-state index contributed by atoms with van der Waals surface area (Å²) in [5.74, 6) is 6.65. The predicted octanol–water partition coefficient (Wildman–Crippen LogP) is 5.82. The van der Waals surface area contributed by atoms with E-state index in [-0.39, 0.29) is 16.3 Å². The summed E-state index contributed by atoms with van der Waals surface area (Å²) >= 11 is 6.92. The Labute approximate surface area is 216 Å². The maximum atomic E-state index is 13.4. The van der Waals surface area contributed by atoms with Crippen LogP contribution in [0.5, 0.6) is 0 Å². The van der Waals surface area contributed by atoms with Gasteiger partial charge in [0.05, 0.1) is 10.6 Å². The quantitative estimate of drug-likeness (QED) is 0.330. The number of amides is 1. The van der Waals surface area contributed by atoms with Crippen LogP contribution >= 0.6 is 11.6 Å². The Morgan fingerprint density at radius 1 is 1.06 bits per heavy atom. The van der Waals surface area contributed by atoms with Gasteiger partial charge in [-0.3, -0.25) is 9.59 Å². The smallest absolute Gasteiger partial charge is 0.248 e. The molecule has 1 amide bonds. The number of nitrogens with two attached hydrogens (primary N) is 2. The highest BCUT2D eigenvalue weighted by molar-refractivity contribution is 6.32. The Morgan fingerprint density at radius 3 is 2.64 bits per heavy atom.